The normalized spacial score (nSPS) is 10.5. The zero-order chi connectivity index (χ0) is 13.8. The SMILES string of the molecule is CCOC(=O)c1cnn(-c2ccc(Br)cc2)c1CC. The van der Waals surface area contributed by atoms with Crippen molar-refractivity contribution in [3.05, 3.63) is 46.2 Å². The second-order valence-electron chi connectivity index (χ2n) is 3.97. The summed E-state index contributed by atoms with van der Waals surface area (Å²) in [5, 5.41) is 4.29. The molecular formula is C14H15BrN2O2. The Morgan fingerprint density at radius 3 is 2.58 bits per heavy atom. The number of aromatic nitrogens is 2. The first-order valence-electron chi connectivity index (χ1n) is 6.17. The molecule has 2 aromatic rings. The number of hydrogen-bond acceptors (Lipinski definition) is 3. The van der Waals surface area contributed by atoms with Crippen LogP contribution in [-0.4, -0.2) is 22.4 Å². The van der Waals surface area contributed by atoms with Gasteiger partial charge < -0.3 is 4.74 Å². The Hall–Kier alpha value is -1.62. The first kappa shape index (κ1) is 13.8. The van der Waals surface area contributed by atoms with Crippen molar-refractivity contribution in [2.24, 2.45) is 0 Å². The molecule has 0 spiro atoms. The molecule has 0 bridgehead atoms. The lowest BCUT2D eigenvalue weighted by atomic mass is 10.2. The molecule has 0 aliphatic carbocycles. The van der Waals surface area contributed by atoms with Gasteiger partial charge in [-0.25, -0.2) is 9.48 Å². The van der Waals surface area contributed by atoms with E-state index in [1.807, 2.05) is 31.2 Å². The second kappa shape index (κ2) is 6.02. The number of benzene rings is 1. The van der Waals surface area contributed by atoms with Crippen LogP contribution in [0.15, 0.2) is 34.9 Å². The van der Waals surface area contributed by atoms with Gasteiger partial charge in [-0.2, -0.15) is 5.10 Å². The van der Waals surface area contributed by atoms with Crippen molar-refractivity contribution >= 4 is 21.9 Å². The molecule has 0 N–H and O–H groups in total. The molecule has 19 heavy (non-hydrogen) atoms. The summed E-state index contributed by atoms with van der Waals surface area (Å²) in [6.07, 6.45) is 2.28. The molecule has 1 heterocycles. The fourth-order valence-electron chi connectivity index (χ4n) is 1.90. The van der Waals surface area contributed by atoms with Crippen LogP contribution in [0.3, 0.4) is 0 Å². The van der Waals surface area contributed by atoms with Crippen molar-refractivity contribution in [3.8, 4) is 5.69 Å². The molecule has 0 saturated heterocycles. The summed E-state index contributed by atoms with van der Waals surface area (Å²) in [5.41, 5.74) is 2.32. The highest BCUT2D eigenvalue weighted by atomic mass is 79.9. The van der Waals surface area contributed by atoms with Gasteiger partial charge >= 0.3 is 5.97 Å². The smallest absolute Gasteiger partial charge is 0.341 e. The Kier molecular flexibility index (Phi) is 4.37. The van der Waals surface area contributed by atoms with Crippen LogP contribution in [0.1, 0.15) is 29.9 Å². The number of nitrogens with zero attached hydrogens (tertiary/aromatic N) is 2. The van der Waals surface area contributed by atoms with Gasteiger partial charge in [0.2, 0.25) is 0 Å². The van der Waals surface area contributed by atoms with Crippen LogP contribution in [0.4, 0.5) is 0 Å². The van der Waals surface area contributed by atoms with Gasteiger partial charge in [-0.1, -0.05) is 22.9 Å². The minimum Gasteiger partial charge on any atom is -0.462 e. The Balaban J connectivity index is 2.42. The summed E-state index contributed by atoms with van der Waals surface area (Å²) < 4.78 is 7.82. The molecular weight excluding hydrogens is 308 g/mol. The van der Waals surface area contributed by atoms with Gasteiger partial charge in [-0.3, -0.25) is 0 Å². The monoisotopic (exact) mass is 322 g/mol. The van der Waals surface area contributed by atoms with Crippen LogP contribution in [-0.2, 0) is 11.2 Å². The van der Waals surface area contributed by atoms with Crippen molar-refractivity contribution < 1.29 is 9.53 Å². The van der Waals surface area contributed by atoms with Gasteiger partial charge in [0.25, 0.3) is 0 Å². The van der Waals surface area contributed by atoms with E-state index in [1.54, 1.807) is 17.8 Å². The zero-order valence-electron chi connectivity index (χ0n) is 10.9. The van der Waals surface area contributed by atoms with Gasteiger partial charge in [0.15, 0.2) is 0 Å². The molecule has 0 aliphatic heterocycles. The van der Waals surface area contributed by atoms with Crippen molar-refractivity contribution in [2.75, 3.05) is 6.61 Å². The van der Waals surface area contributed by atoms with Crippen LogP contribution in [0.5, 0.6) is 0 Å². The van der Waals surface area contributed by atoms with Crippen LogP contribution in [0.2, 0.25) is 0 Å². The number of esters is 1. The molecule has 0 unspecified atom stereocenters. The number of rotatable bonds is 4. The minimum atomic E-state index is -0.317. The molecule has 0 saturated carbocycles. The van der Waals surface area contributed by atoms with Gasteiger partial charge in [-0.05, 0) is 37.6 Å². The van der Waals surface area contributed by atoms with E-state index in [2.05, 4.69) is 21.0 Å². The highest BCUT2D eigenvalue weighted by Crippen LogP contribution is 2.18. The summed E-state index contributed by atoms with van der Waals surface area (Å²) in [5.74, 6) is -0.317. The van der Waals surface area contributed by atoms with E-state index in [4.69, 9.17) is 4.74 Å². The lowest BCUT2D eigenvalue weighted by Gasteiger charge is -2.07. The predicted octanol–water partition coefficient (Wildman–Crippen LogP) is 3.37. The molecule has 0 aliphatic rings. The standard InChI is InChI=1S/C14H15BrN2O2/c1-3-13-12(14(18)19-4-2)9-16-17(13)11-7-5-10(15)6-8-11/h5-9H,3-4H2,1-2H3. The van der Waals surface area contributed by atoms with E-state index >= 15 is 0 Å². The van der Waals surface area contributed by atoms with Gasteiger partial charge in [0.1, 0.15) is 5.56 Å². The van der Waals surface area contributed by atoms with E-state index in [1.165, 1.54) is 0 Å². The molecule has 0 fully saturated rings. The maximum atomic E-state index is 11.8. The maximum absolute atomic E-state index is 11.8. The van der Waals surface area contributed by atoms with Crippen LogP contribution >= 0.6 is 15.9 Å². The van der Waals surface area contributed by atoms with E-state index < -0.39 is 0 Å². The Morgan fingerprint density at radius 2 is 2.00 bits per heavy atom. The van der Waals surface area contributed by atoms with Gasteiger partial charge in [-0.15, -0.1) is 0 Å². The Bertz CT molecular complexity index is 576. The highest BCUT2D eigenvalue weighted by molar-refractivity contribution is 9.10. The Morgan fingerprint density at radius 1 is 1.32 bits per heavy atom. The quantitative estimate of drug-likeness (QED) is 0.810. The molecule has 4 nitrogen and oxygen atoms in total. The number of hydrogen-bond donors (Lipinski definition) is 0. The molecule has 100 valence electrons. The topological polar surface area (TPSA) is 44.1 Å². The fraction of sp³-hybridized carbons (Fsp3) is 0.286. The van der Waals surface area contributed by atoms with E-state index in [0.717, 1.165) is 15.9 Å². The first-order chi connectivity index (χ1) is 9.17. The summed E-state index contributed by atoms with van der Waals surface area (Å²) in [7, 11) is 0. The number of carbonyl (C=O) groups is 1. The van der Waals surface area contributed by atoms with Crippen molar-refractivity contribution in [3.63, 3.8) is 0 Å². The first-order valence-corrected chi connectivity index (χ1v) is 6.96. The minimum absolute atomic E-state index is 0.317. The number of carbonyl (C=O) groups excluding carboxylic acids is 1. The highest BCUT2D eigenvalue weighted by Gasteiger charge is 2.17. The molecule has 5 heteroatoms. The van der Waals surface area contributed by atoms with Crippen molar-refractivity contribution in [1.29, 1.82) is 0 Å². The predicted molar refractivity (Wildman–Crippen MR) is 76.6 cm³/mol. The lowest BCUT2D eigenvalue weighted by molar-refractivity contribution is 0.0525. The summed E-state index contributed by atoms with van der Waals surface area (Å²) >= 11 is 3.40. The second-order valence-corrected chi connectivity index (χ2v) is 4.88. The molecule has 0 amide bonds. The lowest BCUT2D eigenvalue weighted by Crippen LogP contribution is -2.09. The summed E-state index contributed by atoms with van der Waals surface area (Å²) in [4.78, 5) is 11.8. The zero-order valence-corrected chi connectivity index (χ0v) is 12.5. The molecule has 1 aromatic carbocycles. The number of ether oxygens (including phenoxy) is 1. The largest absolute Gasteiger partial charge is 0.462 e. The summed E-state index contributed by atoms with van der Waals surface area (Å²) in [6.45, 7) is 4.16. The van der Waals surface area contributed by atoms with E-state index in [0.29, 0.717) is 18.6 Å². The third-order valence-corrected chi connectivity index (χ3v) is 3.30. The fourth-order valence-corrected chi connectivity index (χ4v) is 2.16. The number of halogens is 1. The van der Waals surface area contributed by atoms with Crippen LogP contribution in [0, 0.1) is 0 Å². The maximum Gasteiger partial charge on any atom is 0.341 e. The average Bonchev–Trinajstić information content (AvgIpc) is 2.83. The average molecular weight is 323 g/mol. The Labute approximate surface area is 120 Å². The van der Waals surface area contributed by atoms with Crippen LogP contribution in [0.25, 0.3) is 5.69 Å². The van der Waals surface area contributed by atoms with Gasteiger partial charge in [0.05, 0.1) is 24.2 Å². The molecule has 0 radical (unpaired) electrons. The van der Waals surface area contributed by atoms with E-state index in [-0.39, 0.29) is 5.97 Å². The third kappa shape index (κ3) is 2.87. The molecule has 0 atom stereocenters. The van der Waals surface area contributed by atoms with Gasteiger partial charge in [0, 0.05) is 4.47 Å². The van der Waals surface area contributed by atoms with E-state index in [9.17, 15) is 4.79 Å². The van der Waals surface area contributed by atoms with Crippen LogP contribution < -0.4 is 0 Å². The molecule has 2 rings (SSSR count). The third-order valence-electron chi connectivity index (χ3n) is 2.77. The van der Waals surface area contributed by atoms with Crippen molar-refractivity contribution in [2.45, 2.75) is 20.3 Å². The summed E-state index contributed by atoms with van der Waals surface area (Å²) in [6, 6.07) is 7.79. The van der Waals surface area contributed by atoms with Crippen molar-refractivity contribution in [1.82, 2.24) is 9.78 Å². The molecule has 1 aromatic heterocycles.